The molecule has 1 aliphatic rings. The molecule has 1 heterocycles. The lowest BCUT2D eigenvalue weighted by molar-refractivity contribution is 0.102. The number of aromatic nitrogens is 1. The summed E-state index contributed by atoms with van der Waals surface area (Å²) in [7, 11) is 0. The van der Waals surface area contributed by atoms with Crippen LogP contribution in [0.3, 0.4) is 0 Å². The Labute approximate surface area is 116 Å². The predicted molar refractivity (Wildman–Crippen MR) is 76.9 cm³/mol. The molecule has 2 aromatic rings. The molecule has 20 heavy (non-hydrogen) atoms. The predicted octanol–water partition coefficient (Wildman–Crippen LogP) is 2.61. The fraction of sp³-hybridized carbons (Fsp3) is 0.200. The number of phenolic OH excluding ortho intramolecular Hbond substituents is 1. The first kappa shape index (κ1) is 12.5. The Kier molecular flexibility index (Phi) is 3.25. The molecule has 0 spiro atoms. The van der Waals surface area contributed by atoms with Gasteiger partial charge in [-0.2, -0.15) is 0 Å². The molecule has 1 amide bonds. The van der Waals surface area contributed by atoms with Gasteiger partial charge in [-0.25, -0.2) is 4.98 Å². The molecule has 1 saturated carbocycles. The average Bonchev–Trinajstić information content (AvgIpc) is 3.26. The molecular weight excluding hydrogens is 254 g/mol. The third kappa shape index (κ3) is 2.88. The van der Waals surface area contributed by atoms with Crippen molar-refractivity contribution < 1.29 is 9.90 Å². The molecule has 0 aliphatic heterocycles. The number of hydrogen-bond acceptors (Lipinski definition) is 4. The van der Waals surface area contributed by atoms with Gasteiger partial charge in [-0.05, 0) is 49.2 Å². The number of anilines is 2. The number of rotatable bonds is 4. The van der Waals surface area contributed by atoms with Gasteiger partial charge in [0.25, 0.3) is 5.91 Å². The molecule has 1 aliphatic carbocycles. The SMILES string of the molecule is O=C(Nc1ccc(O)cc1)c1cccnc1NC1CC1. The largest absolute Gasteiger partial charge is 0.508 e. The normalized spacial score (nSPS) is 13.8. The minimum absolute atomic E-state index is 0.167. The van der Waals surface area contributed by atoms with E-state index in [0.29, 0.717) is 23.1 Å². The van der Waals surface area contributed by atoms with Crippen LogP contribution in [0.2, 0.25) is 0 Å². The third-order valence-corrected chi connectivity index (χ3v) is 3.10. The van der Waals surface area contributed by atoms with Gasteiger partial charge in [0.2, 0.25) is 0 Å². The van der Waals surface area contributed by atoms with Crippen LogP contribution in [-0.2, 0) is 0 Å². The van der Waals surface area contributed by atoms with Gasteiger partial charge < -0.3 is 15.7 Å². The highest BCUT2D eigenvalue weighted by Gasteiger charge is 2.23. The molecule has 3 rings (SSSR count). The van der Waals surface area contributed by atoms with Gasteiger partial charge >= 0.3 is 0 Å². The van der Waals surface area contributed by atoms with Crippen LogP contribution < -0.4 is 10.6 Å². The molecule has 0 radical (unpaired) electrons. The van der Waals surface area contributed by atoms with E-state index < -0.39 is 0 Å². The second-order valence-corrected chi connectivity index (χ2v) is 4.82. The number of carbonyl (C=O) groups excluding carboxylic acids is 1. The van der Waals surface area contributed by atoms with E-state index in [1.807, 2.05) is 0 Å². The van der Waals surface area contributed by atoms with Crippen molar-refractivity contribution in [1.29, 1.82) is 0 Å². The second-order valence-electron chi connectivity index (χ2n) is 4.82. The summed E-state index contributed by atoms with van der Waals surface area (Å²) in [4.78, 5) is 16.5. The van der Waals surface area contributed by atoms with Crippen LogP contribution in [0.5, 0.6) is 5.75 Å². The minimum Gasteiger partial charge on any atom is -0.508 e. The van der Waals surface area contributed by atoms with Crippen molar-refractivity contribution in [3.63, 3.8) is 0 Å². The standard InChI is InChI=1S/C15H15N3O2/c19-12-7-5-11(6-8-12)18-15(20)13-2-1-9-16-14(13)17-10-3-4-10/h1-2,5-10,19H,3-4H2,(H,16,17)(H,18,20). The van der Waals surface area contributed by atoms with E-state index >= 15 is 0 Å². The Bertz CT molecular complexity index is 621. The smallest absolute Gasteiger partial charge is 0.259 e. The van der Waals surface area contributed by atoms with Crippen LogP contribution in [0.25, 0.3) is 0 Å². The van der Waals surface area contributed by atoms with Gasteiger partial charge in [0.15, 0.2) is 0 Å². The van der Waals surface area contributed by atoms with Gasteiger partial charge in [-0.1, -0.05) is 0 Å². The molecule has 5 heteroatoms. The zero-order valence-corrected chi connectivity index (χ0v) is 10.8. The first-order chi connectivity index (χ1) is 9.72. The summed E-state index contributed by atoms with van der Waals surface area (Å²) in [6.45, 7) is 0. The van der Waals surface area contributed by atoms with Crippen molar-refractivity contribution in [1.82, 2.24) is 4.98 Å². The van der Waals surface area contributed by atoms with E-state index in [0.717, 1.165) is 12.8 Å². The molecular formula is C15H15N3O2. The molecule has 1 fully saturated rings. The maximum atomic E-state index is 12.3. The summed E-state index contributed by atoms with van der Waals surface area (Å²) in [5.41, 5.74) is 1.15. The zero-order chi connectivity index (χ0) is 13.9. The van der Waals surface area contributed by atoms with Crippen LogP contribution in [0.1, 0.15) is 23.2 Å². The highest BCUT2D eigenvalue weighted by molar-refractivity contribution is 6.07. The lowest BCUT2D eigenvalue weighted by Crippen LogP contribution is -2.16. The van der Waals surface area contributed by atoms with E-state index in [2.05, 4.69) is 15.6 Å². The molecule has 1 aromatic carbocycles. The van der Waals surface area contributed by atoms with Crippen molar-refractivity contribution in [3.05, 3.63) is 48.2 Å². The Morgan fingerprint density at radius 2 is 1.95 bits per heavy atom. The minimum atomic E-state index is -0.216. The van der Waals surface area contributed by atoms with Gasteiger partial charge in [0.05, 0.1) is 5.56 Å². The first-order valence-electron chi connectivity index (χ1n) is 6.54. The summed E-state index contributed by atoms with van der Waals surface area (Å²) in [6.07, 6.45) is 3.91. The Balaban J connectivity index is 1.77. The van der Waals surface area contributed by atoms with Crippen molar-refractivity contribution >= 4 is 17.4 Å². The summed E-state index contributed by atoms with van der Waals surface area (Å²) < 4.78 is 0. The number of nitrogens with one attached hydrogen (secondary N) is 2. The number of amides is 1. The maximum Gasteiger partial charge on any atom is 0.259 e. The highest BCUT2D eigenvalue weighted by Crippen LogP contribution is 2.25. The lowest BCUT2D eigenvalue weighted by Gasteiger charge is -2.10. The van der Waals surface area contributed by atoms with E-state index in [9.17, 15) is 9.90 Å². The molecule has 1 aromatic heterocycles. The van der Waals surface area contributed by atoms with Crippen LogP contribution in [0, 0.1) is 0 Å². The number of carbonyl (C=O) groups is 1. The fourth-order valence-electron chi connectivity index (χ4n) is 1.87. The number of phenols is 1. The van der Waals surface area contributed by atoms with Crippen molar-refractivity contribution in [2.24, 2.45) is 0 Å². The fourth-order valence-corrected chi connectivity index (χ4v) is 1.87. The van der Waals surface area contributed by atoms with Crippen molar-refractivity contribution in [3.8, 4) is 5.75 Å². The van der Waals surface area contributed by atoms with E-state index in [-0.39, 0.29) is 11.7 Å². The zero-order valence-electron chi connectivity index (χ0n) is 10.8. The summed E-state index contributed by atoms with van der Waals surface area (Å²) >= 11 is 0. The topological polar surface area (TPSA) is 74.2 Å². The number of hydrogen-bond donors (Lipinski definition) is 3. The van der Waals surface area contributed by atoms with E-state index in [1.54, 1.807) is 30.5 Å². The third-order valence-electron chi connectivity index (χ3n) is 3.10. The molecule has 3 N–H and O–H groups in total. The Morgan fingerprint density at radius 3 is 2.65 bits per heavy atom. The van der Waals surface area contributed by atoms with Crippen LogP contribution in [0.15, 0.2) is 42.6 Å². The molecule has 5 nitrogen and oxygen atoms in total. The molecule has 0 bridgehead atoms. The van der Waals surface area contributed by atoms with Crippen molar-refractivity contribution in [2.45, 2.75) is 18.9 Å². The van der Waals surface area contributed by atoms with E-state index in [1.165, 1.54) is 12.1 Å². The first-order valence-corrected chi connectivity index (χ1v) is 6.54. The molecule has 0 unspecified atom stereocenters. The summed E-state index contributed by atoms with van der Waals surface area (Å²) in [6, 6.07) is 10.3. The van der Waals surface area contributed by atoms with Crippen molar-refractivity contribution in [2.75, 3.05) is 10.6 Å². The van der Waals surface area contributed by atoms with Crippen LogP contribution in [0.4, 0.5) is 11.5 Å². The Hall–Kier alpha value is -2.56. The second kappa shape index (κ2) is 5.21. The van der Waals surface area contributed by atoms with Gasteiger partial charge in [0.1, 0.15) is 11.6 Å². The Morgan fingerprint density at radius 1 is 1.20 bits per heavy atom. The quantitative estimate of drug-likeness (QED) is 0.746. The van der Waals surface area contributed by atoms with Gasteiger partial charge in [-0.15, -0.1) is 0 Å². The van der Waals surface area contributed by atoms with Gasteiger partial charge in [0, 0.05) is 17.9 Å². The maximum absolute atomic E-state index is 12.3. The number of benzene rings is 1. The highest BCUT2D eigenvalue weighted by atomic mass is 16.3. The number of aromatic hydroxyl groups is 1. The molecule has 0 atom stereocenters. The van der Waals surface area contributed by atoms with Crippen LogP contribution >= 0.6 is 0 Å². The van der Waals surface area contributed by atoms with Gasteiger partial charge in [-0.3, -0.25) is 4.79 Å². The number of nitrogens with zero attached hydrogens (tertiary/aromatic N) is 1. The monoisotopic (exact) mass is 269 g/mol. The summed E-state index contributed by atoms with van der Waals surface area (Å²) in [5, 5.41) is 15.3. The van der Waals surface area contributed by atoms with E-state index in [4.69, 9.17) is 0 Å². The summed E-state index contributed by atoms with van der Waals surface area (Å²) in [5.74, 6) is 0.568. The lowest BCUT2D eigenvalue weighted by atomic mass is 10.2. The average molecular weight is 269 g/mol. The molecule has 102 valence electrons. The number of pyridine rings is 1. The van der Waals surface area contributed by atoms with Crippen LogP contribution in [-0.4, -0.2) is 22.0 Å². The molecule has 0 saturated heterocycles.